The standard InChI is InChI=1S/C37H40S2/c1-7-25(33-19-27-21-34-26(20-35(27)39-33)18-32(38-34)22(2)3)17-16-24(6)37-30-14-10-8-12-28(30)36(23(4)5)29-13-9-11-15-31(29)37/h8-15,18-25H,7,16-17H2,1-6H3. The highest BCUT2D eigenvalue weighted by molar-refractivity contribution is 7.20. The van der Waals surface area contributed by atoms with Crippen molar-refractivity contribution >= 4 is 64.4 Å². The van der Waals surface area contributed by atoms with Crippen LogP contribution in [0, 0.1) is 0 Å². The van der Waals surface area contributed by atoms with Crippen molar-refractivity contribution < 1.29 is 0 Å². The molecule has 0 amide bonds. The number of hydrogen-bond donors (Lipinski definition) is 0. The molecule has 0 aliphatic rings. The van der Waals surface area contributed by atoms with E-state index in [1.54, 1.807) is 4.88 Å². The number of hydrogen-bond acceptors (Lipinski definition) is 2. The van der Waals surface area contributed by atoms with E-state index in [0.29, 0.717) is 23.7 Å². The van der Waals surface area contributed by atoms with Crippen LogP contribution in [-0.2, 0) is 0 Å². The molecule has 2 heteroatoms. The lowest BCUT2D eigenvalue weighted by Gasteiger charge is -2.23. The number of benzene rings is 4. The molecule has 0 radical (unpaired) electrons. The van der Waals surface area contributed by atoms with Crippen LogP contribution in [0.15, 0.2) is 72.8 Å². The summed E-state index contributed by atoms with van der Waals surface area (Å²) >= 11 is 3.99. The number of fused-ring (bicyclic) bond motifs is 4. The van der Waals surface area contributed by atoms with Gasteiger partial charge in [0.2, 0.25) is 0 Å². The average molecular weight is 549 g/mol. The molecule has 6 rings (SSSR count). The van der Waals surface area contributed by atoms with Gasteiger partial charge in [-0.2, -0.15) is 0 Å². The van der Waals surface area contributed by atoms with Crippen molar-refractivity contribution in [1.82, 2.24) is 0 Å². The van der Waals surface area contributed by atoms with Gasteiger partial charge in [0.1, 0.15) is 0 Å². The van der Waals surface area contributed by atoms with Gasteiger partial charge in [-0.25, -0.2) is 0 Å². The first-order chi connectivity index (χ1) is 18.9. The van der Waals surface area contributed by atoms with E-state index < -0.39 is 0 Å². The van der Waals surface area contributed by atoms with E-state index in [1.165, 1.54) is 77.0 Å². The third-order valence-corrected chi connectivity index (χ3v) is 11.3. The first-order valence-electron chi connectivity index (χ1n) is 14.8. The summed E-state index contributed by atoms with van der Waals surface area (Å²) in [5.41, 5.74) is 3.03. The van der Waals surface area contributed by atoms with Crippen LogP contribution in [0.25, 0.3) is 41.7 Å². The second-order valence-electron chi connectivity index (χ2n) is 12.0. The SMILES string of the molecule is CCC(CCC(C)c1c2ccccc2c(C(C)C)c2ccccc12)c1cc2cc3sc(C(C)C)cc3cc2s1. The van der Waals surface area contributed by atoms with Crippen molar-refractivity contribution in [3.05, 3.63) is 93.7 Å². The van der Waals surface area contributed by atoms with Gasteiger partial charge in [0.15, 0.2) is 0 Å². The molecule has 6 aromatic rings. The lowest BCUT2D eigenvalue weighted by Crippen LogP contribution is -2.03. The van der Waals surface area contributed by atoms with Crippen LogP contribution in [0.3, 0.4) is 0 Å². The predicted molar refractivity (Wildman–Crippen MR) is 178 cm³/mol. The van der Waals surface area contributed by atoms with Gasteiger partial charge in [0.05, 0.1) is 0 Å². The van der Waals surface area contributed by atoms with Crippen molar-refractivity contribution in [1.29, 1.82) is 0 Å². The normalized spacial score (nSPS) is 13.9. The van der Waals surface area contributed by atoms with Crippen molar-refractivity contribution in [3.63, 3.8) is 0 Å². The molecule has 0 fully saturated rings. The zero-order valence-corrected chi connectivity index (χ0v) is 25.8. The molecule has 2 atom stereocenters. The Balaban J connectivity index is 1.32. The van der Waals surface area contributed by atoms with Crippen LogP contribution >= 0.6 is 22.7 Å². The van der Waals surface area contributed by atoms with Gasteiger partial charge in [0, 0.05) is 19.2 Å². The van der Waals surface area contributed by atoms with Gasteiger partial charge in [-0.15, -0.1) is 22.7 Å². The van der Waals surface area contributed by atoms with Gasteiger partial charge >= 0.3 is 0 Å². The molecule has 0 N–H and O–H groups in total. The van der Waals surface area contributed by atoms with E-state index in [-0.39, 0.29) is 0 Å². The molecule has 0 saturated heterocycles. The monoisotopic (exact) mass is 548 g/mol. The van der Waals surface area contributed by atoms with Crippen LogP contribution in [0.4, 0.5) is 0 Å². The number of rotatable bonds is 8. The van der Waals surface area contributed by atoms with E-state index in [2.05, 4.69) is 114 Å². The summed E-state index contributed by atoms with van der Waals surface area (Å²) in [6.07, 6.45) is 3.62. The molecule has 0 bridgehead atoms. The minimum absolute atomic E-state index is 0.494. The van der Waals surface area contributed by atoms with E-state index >= 15 is 0 Å². The quantitative estimate of drug-likeness (QED) is 0.166. The summed E-state index contributed by atoms with van der Waals surface area (Å²) in [6.45, 7) is 14.1. The summed E-state index contributed by atoms with van der Waals surface area (Å²) in [7, 11) is 0. The molecule has 2 aromatic heterocycles. The smallest absolute Gasteiger partial charge is 0.0352 e. The maximum absolute atomic E-state index is 2.50. The molecule has 0 saturated carbocycles. The Kier molecular flexibility index (Phi) is 7.29. The first kappa shape index (κ1) is 26.5. The predicted octanol–water partition coefficient (Wildman–Crippen LogP) is 12.7. The summed E-state index contributed by atoms with van der Waals surface area (Å²) in [4.78, 5) is 3.05. The summed E-state index contributed by atoms with van der Waals surface area (Å²) < 4.78 is 2.87. The Morgan fingerprint density at radius 2 is 1.05 bits per heavy atom. The molecule has 0 nitrogen and oxygen atoms in total. The first-order valence-corrected chi connectivity index (χ1v) is 16.4. The minimum Gasteiger partial charge on any atom is -0.140 e. The fraction of sp³-hybridized carbons (Fsp3) is 0.351. The second-order valence-corrected chi connectivity index (χ2v) is 14.3. The molecule has 2 heterocycles. The van der Waals surface area contributed by atoms with E-state index in [4.69, 9.17) is 0 Å². The van der Waals surface area contributed by atoms with Crippen LogP contribution < -0.4 is 0 Å². The molecule has 2 unspecified atom stereocenters. The molecule has 200 valence electrons. The van der Waals surface area contributed by atoms with Crippen LogP contribution in [0.1, 0.15) is 105 Å². The molecule has 0 spiro atoms. The maximum atomic E-state index is 2.50. The largest absolute Gasteiger partial charge is 0.140 e. The zero-order chi connectivity index (χ0) is 27.3. The fourth-order valence-electron chi connectivity index (χ4n) is 6.59. The fourth-order valence-corrected chi connectivity index (χ4v) is 9.00. The van der Waals surface area contributed by atoms with Crippen molar-refractivity contribution in [3.8, 4) is 0 Å². The van der Waals surface area contributed by atoms with E-state index in [0.717, 1.165) is 0 Å². The zero-order valence-electron chi connectivity index (χ0n) is 24.2. The maximum Gasteiger partial charge on any atom is 0.0352 e. The minimum atomic E-state index is 0.494. The topological polar surface area (TPSA) is 0 Å². The number of thiophene rings is 2. The summed E-state index contributed by atoms with van der Waals surface area (Å²) in [5, 5.41) is 8.60. The van der Waals surface area contributed by atoms with Crippen LogP contribution in [0.2, 0.25) is 0 Å². The highest BCUT2D eigenvalue weighted by atomic mass is 32.1. The molecule has 39 heavy (non-hydrogen) atoms. The van der Waals surface area contributed by atoms with Gasteiger partial charge in [-0.1, -0.05) is 90.1 Å². The summed E-state index contributed by atoms with van der Waals surface area (Å²) in [5.74, 6) is 2.21. The third-order valence-electron chi connectivity index (χ3n) is 8.69. The van der Waals surface area contributed by atoms with Gasteiger partial charge in [-0.3, -0.25) is 0 Å². The molecule has 0 aliphatic heterocycles. The average Bonchev–Trinajstić information content (AvgIpc) is 3.53. The second kappa shape index (κ2) is 10.7. The Labute approximate surface area is 241 Å². The van der Waals surface area contributed by atoms with E-state index in [1.807, 2.05) is 22.7 Å². The highest BCUT2D eigenvalue weighted by Gasteiger charge is 2.21. The Morgan fingerprint density at radius 1 is 0.564 bits per heavy atom. The lowest BCUT2D eigenvalue weighted by molar-refractivity contribution is 0.544. The van der Waals surface area contributed by atoms with Gasteiger partial charge in [-0.05, 0) is 111 Å². The van der Waals surface area contributed by atoms with Crippen molar-refractivity contribution in [2.24, 2.45) is 0 Å². The summed E-state index contributed by atoms with van der Waals surface area (Å²) in [6, 6.07) is 28.0. The Morgan fingerprint density at radius 3 is 1.54 bits per heavy atom. The van der Waals surface area contributed by atoms with Gasteiger partial charge in [0.25, 0.3) is 0 Å². The molecule has 4 aromatic carbocycles. The lowest BCUT2D eigenvalue weighted by atomic mass is 9.81. The third kappa shape index (κ3) is 4.81. The van der Waals surface area contributed by atoms with Gasteiger partial charge < -0.3 is 0 Å². The van der Waals surface area contributed by atoms with E-state index in [9.17, 15) is 0 Å². The molecular weight excluding hydrogens is 509 g/mol. The van der Waals surface area contributed by atoms with Crippen molar-refractivity contribution in [2.75, 3.05) is 0 Å². The van der Waals surface area contributed by atoms with Crippen molar-refractivity contribution in [2.45, 2.75) is 84.5 Å². The van der Waals surface area contributed by atoms with Crippen LogP contribution in [-0.4, -0.2) is 0 Å². The molecule has 0 aliphatic carbocycles. The van der Waals surface area contributed by atoms with Crippen LogP contribution in [0.5, 0.6) is 0 Å². The Hall–Kier alpha value is -2.68. The Bertz CT molecular complexity index is 1670. The highest BCUT2D eigenvalue weighted by Crippen LogP contribution is 2.44. The molecular formula is C37H40S2.